The Kier molecular flexibility index (Phi) is 12.1. The van der Waals surface area contributed by atoms with E-state index in [0.717, 1.165) is 11.3 Å². The Labute approximate surface area is 243 Å². The summed E-state index contributed by atoms with van der Waals surface area (Å²) in [5, 5.41) is 0. The normalized spacial score (nSPS) is 20.3. The lowest BCUT2D eigenvalue weighted by molar-refractivity contribution is -0.140. The van der Waals surface area contributed by atoms with Crippen molar-refractivity contribution in [3.8, 4) is 5.75 Å². The van der Waals surface area contributed by atoms with Crippen molar-refractivity contribution in [1.29, 1.82) is 0 Å². The molecular formula is C31H44N2O8. The SMILES string of the molecule is C/C=C(\C)C(=O)N1C(=O)OC[C@H]1C(C)C.C=C[C@](C)(COCc1ccc(OC)cc1)C(=O)N1C(=O)OC[C@H]1C(C)C. The number of rotatable bonds is 10. The van der Waals surface area contributed by atoms with Crippen molar-refractivity contribution in [3.63, 3.8) is 0 Å². The van der Waals surface area contributed by atoms with E-state index in [0.29, 0.717) is 18.8 Å². The number of imide groups is 2. The van der Waals surface area contributed by atoms with Gasteiger partial charge in [0, 0.05) is 5.57 Å². The number of carbonyl (C=O) groups excluding carboxylic acids is 4. The molecule has 0 saturated carbocycles. The Balaban J connectivity index is 0.000000333. The number of cyclic esters (lactones) is 2. The molecule has 0 bridgehead atoms. The second kappa shape index (κ2) is 14.8. The summed E-state index contributed by atoms with van der Waals surface area (Å²) >= 11 is 0. The molecule has 2 saturated heterocycles. The molecule has 2 aliphatic rings. The number of allylic oxidation sites excluding steroid dienone is 1. The quantitative estimate of drug-likeness (QED) is 0.272. The molecule has 0 aromatic heterocycles. The van der Waals surface area contributed by atoms with Crippen molar-refractivity contribution >= 4 is 24.0 Å². The van der Waals surface area contributed by atoms with E-state index in [1.54, 1.807) is 34.0 Å². The number of ether oxygens (including phenoxy) is 4. The van der Waals surface area contributed by atoms with Gasteiger partial charge in [0.2, 0.25) is 5.91 Å². The van der Waals surface area contributed by atoms with E-state index in [4.69, 9.17) is 18.9 Å². The highest BCUT2D eigenvalue weighted by Crippen LogP contribution is 2.29. The van der Waals surface area contributed by atoms with Gasteiger partial charge in [-0.05, 0) is 50.3 Å². The van der Waals surface area contributed by atoms with Crippen molar-refractivity contribution in [2.24, 2.45) is 17.3 Å². The fourth-order valence-corrected chi connectivity index (χ4v) is 4.22. The highest BCUT2D eigenvalue weighted by molar-refractivity contribution is 6.03. The van der Waals surface area contributed by atoms with Gasteiger partial charge in [0.25, 0.3) is 5.91 Å². The summed E-state index contributed by atoms with van der Waals surface area (Å²) in [5.74, 6) is 0.499. The zero-order valence-electron chi connectivity index (χ0n) is 25.5. The summed E-state index contributed by atoms with van der Waals surface area (Å²) in [7, 11) is 1.61. The molecule has 41 heavy (non-hydrogen) atoms. The molecule has 226 valence electrons. The van der Waals surface area contributed by atoms with Crippen LogP contribution in [-0.2, 0) is 30.4 Å². The Morgan fingerprint density at radius 2 is 1.54 bits per heavy atom. The van der Waals surface area contributed by atoms with Crippen LogP contribution in [0.5, 0.6) is 5.75 Å². The fraction of sp³-hybridized carbons (Fsp3) is 0.548. The van der Waals surface area contributed by atoms with Crippen molar-refractivity contribution < 1.29 is 38.1 Å². The predicted octanol–water partition coefficient (Wildman–Crippen LogP) is 5.36. The van der Waals surface area contributed by atoms with Crippen LogP contribution in [0.1, 0.15) is 54.0 Å². The minimum Gasteiger partial charge on any atom is -0.497 e. The van der Waals surface area contributed by atoms with E-state index in [9.17, 15) is 19.2 Å². The highest BCUT2D eigenvalue weighted by atomic mass is 16.6. The third-order valence-corrected chi connectivity index (χ3v) is 7.33. The standard InChI is InChI=1S/C20H27NO5.C11H17NO3/c1-6-20(4,13-25-11-15-7-9-16(24-5)10-8-15)18(22)21-17(14(2)3)12-26-19(21)23;1-5-8(4)10(13)12-9(7(2)3)6-15-11(12)14/h6-10,14,17H,1,11-13H2,2-5H3;5,7,9H,6H2,1-4H3/b;8-5+/t17-,20+;9-/m00/s1. The molecule has 0 unspecified atom stereocenters. The van der Waals surface area contributed by atoms with Crippen LogP contribution in [0.4, 0.5) is 9.59 Å². The summed E-state index contributed by atoms with van der Waals surface area (Å²) < 4.78 is 20.8. The Hall–Kier alpha value is -3.66. The summed E-state index contributed by atoms with van der Waals surface area (Å²) in [4.78, 5) is 50.8. The van der Waals surface area contributed by atoms with Crippen molar-refractivity contribution in [3.05, 3.63) is 54.1 Å². The highest BCUT2D eigenvalue weighted by Gasteiger charge is 2.46. The molecule has 0 radical (unpaired) electrons. The van der Waals surface area contributed by atoms with Gasteiger partial charge >= 0.3 is 12.2 Å². The maximum atomic E-state index is 13.0. The van der Waals surface area contributed by atoms with Gasteiger partial charge in [0.15, 0.2) is 0 Å². The average molecular weight is 573 g/mol. The summed E-state index contributed by atoms with van der Waals surface area (Å²) in [6.45, 7) is 17.8. The fourth-order valence-electron chi connectivity index (χ4n) is 4.22. The third-order valence-electron chi connectivity index (χ3n) is 7.33. The first-order valence-electron chi connectivity index (χ1n) is 13.8. The number of methoxy groups -OCH3 is 1. The van der Waals surface area contributed by atoms with Gasteiger partial charge in [0.05, 0.1) is 37.8 Å². The van der Waals surface area contributed by atoms with Crippen LogP contribution in [0.2, 0.25) is 0 Å². The molecule has 0 N–H and O–H groups in total. The van der Waals surface area contributed by atoms with E-state index in [-0.39, 0.29) is 48.9 Å². The Morgan fingerprint density at radius 3 is 2.00 bits per heavy atom. The van der Waals surface area contributed by atoms with Crippen molar-refractivity contribution in [2.75, 3.05) is 26.9 Å². The number of amides is 4. The summed E-state index contributed by atoms with van der Waals surface area (Å²) in [6, 6.07) is 7.10. The molecular weight excluding hydrogens is 528 g/mol. The molecule has 1 aromatic rings. The topological polar surface area (TPSA) is 112 Å². The molecule has 2 aliphatic heterocycles. The third kappa shape index (κ3) is 8.19. The lowest BCUT2D eigenvalue weighted by Gasteiger charge is -2.31. The maximum Gasteiger partial charge on any atom is 0.417 e. The van der Waals surface area contributed by atoms with Gasteiger partial charge in [-0.15, -0.1) is 6.58 Å². The largest absolute Gasteiger partial charge is 0.497 e. The zero-order chi connectivity index (χ0) is 30.9. The molecule has 2 heterocycles. The van der Waals surface area contributed by atoms with Crippen LogP contribution in [0.25, 0.3) is 0 Å². The van der Waals surface area contributed by atoms with Gasteiger partial charge in [0.1, 0.15) is 19.0 Å². The second-order valence-corrected chi connectivity index (χ2v) is 11.1. The van der Waals surface area contributed by atoms with E-state index < -0.39 is 17.6 Å². The first-order valence-corrected chi connectivity index (χ1v) is 13.8. The molecule has 0 aliphatic carbocycles. The summed E-state index contributed by atoms with van der Waals surface area (Å²) in [6.07, 6.45) is 2.11. The van der Waals surface area contributed by atoms with Gasteiger partial charge in [-0.25, -0.2) is 19.4 Å². The van der Waals surface area contributed by atoms with Crippen molar-refractivity contribution in [1.82, 2.24) is 9.80 Å². The van der Waals surface area contributed by atoms with Gasteiger partial charge in [-0.3, -0.25) is 9.59 Å². The van der Waals surface area contributed by atoms with Gasteiger partial charge < -0.3 is 18.9 Å². The average Bonchev–Trinajstić information content (AvgIpc) is 3.54. The second-order valence-electron chi connectivity index (χ2n) is 11.1. The van der Waals surface area contributed by atoms with Crippen LogP contribution in [-0.4, -0.2) is 72.8 Å². The first kappa shape index (κ1) is 33.5. The minimum atomic E-state index is -1.01. The van der Waals surface area contributed by atoms with Gasteiger partial charge in [-0.1, -0.05) is 52.0 Å². The monoisotopic (exact) mass is 572 g/mol. The molecule has 0 spiro atoms. The number of hydrogen-bond acceptors (Lipinski definition) is 8. The molecule has 10 nitrogen and oxygen atoms in total. The van der Waals surface area contributed by atoms with Crippen molar-refractivity contribution in [2.45, 2.75) is 67.2 Å². The minimum absolute atomic E-state index is 0.111. The van der Waals surface area contributed by atoms with E-state index in [1.165, 1.54) is 15.9 Å². The predicted molar refractivity (Wildman–Crippen MR) is 154 cm³/mol. The molecule has 1 aromatic carbocycles. The number of carbonyl (C=O) groups is 4. The van der Waals surface area contributed by atoms with Crippen LogP contribution < -0.4 is 4.74 Å². The number of benzene rings is 1. The Morgan fingerprint density at radius 1 is 1.02 bits per heavy atom. The van der Waals surface area contributed by atoms with Crippen LogP contribution in [0, 0.1) is 17.3 Å². The summed E-state index contributed by atoms with van der Waals surface area (Å²) in [5.41, 5.74) is 0.521. The van der Waals surface area contributed by atoms with E-state index in [2.05, 4.69) is 6.58 Å². The molecule has 3 atom stereocenters. The smallest absolute Gasteiger partial charge is 0.417 e. The number of hydrogen-bond donors (Lipinski definition) is 0. The Bertz CT molecular complexity index is 1130. The maximum absolute atomic E-state index is 13.0. The van der Waals surface area contributed by atoms with Crippen LogP contribution >= 0.6 is 0 Å². The lowest BCUT2D eigenvalue weighted by atomic mass is 9.89. The zero-order valence-corrected chi connectivity index (χ0v) is 25.5. The van der Waals surface area contributed by atoms with Gasteiger partial charge in [-0.2, -0.15) is 0 Å². The molecule has 10 heteroatoms. The first-order chi connectivity index (χ1) is 19.3. The molecule has 4 amide bonds. The van der Waals surface area contributed by atoms with Crippen LogP contribution in [0.15, 0.2) is 48.6 Å². The molecule has 3 rings (SSSR count). The van der Waals surface area contributed by atoms with E-state index in [1.807, 2.05) is 52.0 Å². The number of nitrogens with zero attached hydrogens (tertiary/aromatic N) is 2. The molecule has 2 fully saturated rings. The lowest BCUT2D eigenvalue weighted by Crippen LogP contribution is -2.49. The van der Waals surface area contributed by atoms with Crippen LogP contribution in [0.3, 0.4) is 0 Å². The van der Waals surface area contributed by atoms with E-state index >= 15 is 0 Å².